The average molecular weight is 198 g/mol. The predicted molar refractivity (Wildman–Crippen MR) is 49.9 cm³/mol. The molecule has 1 aromatic rings. The summed E-state index contributed by atoms with van der Waals surface area (Å²) in [7, 11) is 1.26. The van der Waals surface area contributed by atoms with Crippen LogP contribution in [0, 0.1) is 5.82 Å². The van der Waals surface area contributed by atoms with Crippen molar-refractivity contribution in [2.45, 2.75) is 6.42 Å². The van der Waals surface area contributed by atoms with Crippen LogP contribution in [-0.4, -0.2) is 13.1 Å². The Labute approximate surface area is 80.8 Å². The first kappa shape index (κ1) is 10.5. The summed E-state index contributed by atoms with van der Waals surface area (Å²) < 4.78 is 17.8. The molecule has 0 spiro atoms. The Hall–Kier alpha value is -1.62. The number of hydrazine groups is 1. The monoisotopic (exact) mass is 198 g/mol. The Morgan fingerprint density at radius 3 is 2.93 bits per heavy atom. The summed E-state index contributed by atoms with van der Waals surface area (Å²) in [5, 5.41) is 0. The first-order chi connectivity index (χ1) is 6.69. The number of halogens is 1. The molecule has 0 saturated carbocycles. The van der Waals surface area contributed by atoms with Crippen LogP contribution in [0.3, 0.4) is 0 Å². The number of nitrogens with one attached hydrogen (secondary N) is 1. The molecule has 1 aromatic carbocycles. The van der Waals surface area contributed by atoms with Crippen molar-refractivity contribution in [3.8, 4) is 0 Å². The van der Waals surface area contributed by atoms with Gasteiger partial charge in [-0.2, -0.15) is 0 Å². The number of nitrogens with two attached hydrogens (primary N) is 1. The van der Waals surface area contributed by atoms with E-state index >= 15 is 0 Å². The van der Waals surface area contributed by atoms with Crippen molar-refractivity contribution in [1.29, 1.82) is 0 Å². The Kier molecular flexibility index (Phi) is 3.41. The van der Waals surface area contributed by atoms with E-state index in [4.69, 9.17) is 5.84 Å². The molecule has 0 aliphatic carbocycles. The van der Waals surface area contributed by atoms with Gasteiger partial charge in [-0.1, -0.05) is 12.1 Å². The molecule has 0 fully saturated rings. The molecule has 4 nitrogen and oxygen atoms in total. The SMILES string of the molecule is COC(=O)Cc1cccc(NN)c1F. The van der Waals surface area contributed by atoms with E-state index < -0.39 is 11.8 Å². The third-order valence-corrected chi connectivity index (χ3v) is 1.80. The van der Waals surface area contributed by atoms with Crippen LogP contribution in [0.25, 0.3) is 0 Å². The lowest BCUT2D eigenvalue weighted by molar-refractivity contribution is -0.139. The number of carbonyl (C=O) groups excluding carboxylic acids is 1. The van der Waals surface area contributed by atoms with Crippen molar-refractivity contribution in [1.82, 2.24) is 0 Å². The summed E-state index contributed by atoms with van der Waals surface area (Å²) in [6, 6.07) is 4.60. The van der Waals surface area contributed by atoms with Crippen LogP contribution in [0.15, 0.2) is 18.2 Å². The van der Waals surface area contributed by atoms with E-state index in [1.54, 1.807) is 6.07 Å². The molecule has 0 aliphatic rings. The van der Waals surface area contributed by atoms with Crippen LogP contribution in [-0.2, 0) is 16.0 Å². The molecule has 0 heterocycles. The molecule has 0 unspecified atom stereocenters. The summed E-state index contributed by atoms with van der Waals surface area (Å²) in [4.78, 5) is 10.9. The Balaban J connectivity index is 2.92. The number of carbonyl (C=O) groups is 1. The second kappa shape index (κ2) is 4.57. The lowest BCUT2D eigenvalue weighted by Crippen LogP contribution is -2.11. The van der Waals surface area contributed by atoms with Gasteiger partial charge in [-0.05, 0) is 6.07 Å². The molecule has 0 bridgehead atoms. The average Bonchev–Trinajstić information content (AvgIpc) is 2.21. The van der Waals surface area contributed by atoms with Crippen LogP contribution in [0.1, 0.15) is 5.56 Å². The van der Waals surface area contributed by atoms with E-state index in [9.17, 15) is 9.18 Å². The fourth-order valence-electron chi connectivity index (χ4n) is 1.06. The summed E-state index contributed by atoms with van der Waals surface area (Å²) in [5.41, 5.74) is 2.62. The zero-order chi connectivity index (χ0) is 10.6. The van der Waals surface area contributed by atoms with Crippen molar-refractivity contribution < 1.29 is 13.9 Å². The summed E-state index contributed by atoms with van der Waals surface area (Å²) in [6.45, 7) is 0. The molecule has 0 radical (unpaired) electrons. The lowest BCUT2D eigenvalue weighted by atomic mass is 10.1. The van der Waals surface area contributed by atoms with Gasteiger partial charge < -0.3 is 10.2 Å². The zero-order valence-corrected chi connectivity index (χ0v) is 7.71. The third-order valence-electron chi connectivity index (χ3n) is 1.80. The highest BCUT2D eigenvalue weighted by Gasteiger charge is 2.10. The normalized spacial score (nSPS) is 9.64. The topological polar surface area (TPSA) is 64.3 Å². The minimum Gasteiger partial charge on any atom is -0.469 e. The standard InChI is InChI=1S/C9H11FN2O2/c1-14-8(13)5-6-3-2-4-7(12-11)9(6)10/h2-4,12H,5,11H2,1H3. The van der Waals surface area contributed by atoms with E-state index in [0.29, 0.717) is 0 Å². The molecular weight excluding hydrogens is 187 g/mol. The van der Waals surface area contributed by atoms with E-state index in [1.807, 2.05) is 0 Å². The van der Waals surface area contributed by atoms with Crippen molar-refractivity contribution in [3.05, 3.63) is 29.6 Å². The van der Waals surface area contributed by atoms with Gasteiger partial charge in [-0.15, -0.1) is 0 Å². The maximum absolute atomic E-state index is 13.4. The minimum atomic E-state index is -0.527. The number of ether oxygens (including phenoxy) is 1. The van der Waals surface area contributed by atoms with E-state index in [1.165, 1.54) is 19.2 Å². The number of benzene rings is 1. The summed E-state index contributed by atoms with van der Waals surface area (Å²) >= 11 is 0. The van der Waals surface area contributed by atoms with Crippen molar-refractivity contribution in [2.24, 2.45) is 5.84 Å². The smallest absolute Gasteiger partial charge is 0.310 e. The minimum absolute atomic E-state index is 0.0994. The Bertz CT molecular complexity index is 342. The van der Waals surface area contributed by atoms with E-state index in [-0.39, 0.29) is 17.7 Å². The number of nitrogen functional groups attached to an aromatic ring is 1. The molecule has 0 aromatic heterocycles. The fraction of sp³-hybridized carbons (Fsp3) is 0.222. The van der Waals surface area contributed by atoms with Crippen LogP contribution < -0.4 is 11.3 Å². The number of hydrogen-bond donors (Lipinski definition) is 2. The second-order valence-corrected chi connectivity index (χ2v) is 2.68. The number of rotatable bonds is 3. The quantitative estimate of drug-likeness (QED) is 0.429. The maximum Gasteiger partial charge on any atom is 0.310 e. The molecule has 14 heavy (non-hydrogen) atoms. The largest absolute Gasteiger partial charge is 0.469 e. The fourth-order valence-corrected chi connectivity index (χ4v) is 1.06. The van der Waals surface area contributed by atoms with Gasteiger partial charge in [0, 0.05) is 5.56 Å². The molecule has 5 heteroatoms. The molecular formula is C9H11FN2O2. The van der Waals surface area contributed by atoms with Gasteiger partial charge in [0.05, 0.1) is 19.2 Å². The van der Waals surface area contributed by atoms with Gasteiger partial charge in [0.1, 0.15) is 0 Å². The summed E-state index contributed by atoms with van der Waals surface area (Å²) in [6.07, 6.45) is -0.0994. The van der Waals surface area contributed by atoms with Gasteiger partial charge in [-0.25, -0.2) is 4.39 Å². The van der Waals surface area contributed by atoms with Gasteiger partial charge in [0.2, 0.25) is 0 Å². The highest BCUT2D eigenvalue weighted by molar-refractivity contribution is 5.73. The highest BCUT2D eigenvalue weighted by atomic mass is 19.1. The van der Waals surface area contributed by atoms with E-state index in [2.05, 4.69) is 10.2 Å². The van der Waals surface area contributed by atoms with Gasteiger partial charge in [0.25, 0.3) is 0 Å². The number of esters is 1. The highest BCUT2D eigenvalue weighted by Crippen LogP contribution is 2.17. The molecule has 0 atom stereocenters. The van der Waals surface area contributed by atoms with E-state index in [0.717, 1.165) is 0 Å². The molecule has 76 valence electrons. The zero-order valence-electron chi connectivity index (χ0n) is 7.71. The molecule has 1 rings (SSSR count). The van der Waals surface area contributed by atoms with Crippen molar-refractivity contribution >= 4 is 11.7 Å². The van der Waals surface area contributed by atoms with Crippen molar-refractivity contribution in [3.63, 3.8) is 0 Å². The molecule has 0 saturated heterocycles. The van der Waals surface area contributed by atoms with Gasteiger partial charge >= 0.3 is 5.97 Å². The summed E-state index contributed by atoms with van der Waals surface area (Å²) in [5.74, 6) is 4.06. The number of anilines is 1. The first-order valence-corrected chi connectivity index (χ1v) is 4.00. The van der Waals surface area contributed by atoms with Crippen molar-refractivity contribution in [2.75, 3.05) is 12.5 Å². The second-order valence-electron chi connectivity index (χ2n) is 2.68. The van der Waals surface area contributed by atoms with Crippen LogP contribution in [0.5, 0.6) is 0 Å². The number of hydrogen-bond acceptors (Lipinski definition) is 4. The van der Waals surface area contributed by atoms with Crippen LogP contribution >= 0.6 is 0 Å². The van der Waals surface area contributed by atoms with Crippen LogP contribution in [0.2, 0.25) is 0 Å². The molecule has 0 amide bonds. The van der Waals surface area contributed by atoms with Crippen LogP contribution in [0.4, 0.5) is 10.1 Å². The predicted octanol–water partition coefficient (Wildman–Crippen LogP) is 0.827. The number of methoxy groups -OCH3 is 1. The first-order valence-electron chi connectivity index (χ1n) is 4.00. The Morgan fingerprint density at radius 1 is 1.64 bits per heavy atom. The molecule has 3 N–H and O–H groups in total. The Morgan fingerprint density at radius 2 is 2.36 bits per heavy atom. The van der Waals surface area contributed by atoms with Gasteiger partial charge in [0.15, 0.2) is 5.82 Å². The lowest BCUT2D eigenvalue weighted by Gasteiger charge is -2.06. The third kappa shape index (κ3) is 2.20. The van der Waals surface area contributed by atoms with Gasteiger partial charge in [-0.3, -0.25) is 10.6 Å². The molecule has 0 aliphatic heterocycles. The maximum atomic E-state index is 13.4.